The quantitative estimate of drug-likeness (QED) is 0.898. The van der Waals surface area contributed by atoms with Gasteiger partial charge in [0.1, 0.15) is 17.1 Å². The fourth-order valence-corrected chi connectivity index (χ4v) is 3.07. The highest BCUT2D eigenvalue weighted by molar-refractivity contribution is 7.09. The Bertz CT molecular complexity index is 446. The molecule has 1 aromatic heterocycles. The van der Waals surface area contributed by atoms with Gasteiger partial charge in [0, 0.05) is 11.6 Å². The maximum absolute atomic E-state index is 12.3. The van der Waals surface area contributed by atoms with Gasteiger partial charge >= 0.3 is 0 Å². The van der Waals surface area contributed by atoms with Gasteiger partial charge in [0.2, 0.25) is 11.8 Å². The number of thiazole rings is 1. The van der Waals surface area contributed by atoms with E-state index in [0.717, 1.165) is 11.4 Å². The molecule has 2 rings (SSSR count). The standard InChI is InChI=1S/C12H17N3O2S/c1-4-9(11-13-5-6-18-11)15-8(3)10(16)14-7(2)12(15)17/h5-9H,4H2,1-3H3,(H,14,16). The van der Waals surface area contributed by atoms with Gasteiger partial charge < -0.3 is 10.2 Å². The highest BCUT2D eigenvalue weighted by atomic mass is 32.1. The van der Waals surface area contributed by atoms with Gasteiger partial charge in [-0.2, -0.15) is 0 Å². The Kier molecular flexibility index (Phi) is 3.65. The lowest BCUT2D eigenvalue weighted by atomic mass is 10.0. The maximum Gasteiger partial charge on any atom is 0.246 e. The number of piperazine rings is 1. The lowest BCUT2D eigenvalue weighted by Crippen LogP contribution is -2.62. The summed E-state index contributed by atoms with van der Waals surface area (Å²) in [6.45, 7) is 5.48. The first-order valence-electron chi connectivity index (χ1n) is 6.08. The molecule has 1 aliphatic heterocycles. The molecule has 0 spiro atoms. The van der Waals surface area contributed by atoms with Crippen LogP contribution in [0.5, 0.6) is 0 Å². The molecule has 5 nitrogen and oxygen atoms in total. The van der Waals surface area contributed by atoms with E-state index in [9.17, 15) is 9.59 Å². The van der Waals surface area contributed by atoms with E-state index in [1.54, 1.807) is 24.9 Å². The number of amides is 2. The second-order valence-electron chi connectivity index (χ2n) is 4.45. The van der Waals surface area contributed by atoms with E-state index in [-0.39, 0.29) is 17.9 Å². The predicted molar refractivity (Wildman–Crippen MR) is 69.1 cm³/mol. The molecule has 1 aliphatic rings. The van der Waals surface area contributed by atoms with Gasteiger partial charge in [0.05, 0.1) is 6.04 Å². The van der Waals surface area contributed by atoms with E-state index in [4.69, 9.17) is 0 Å². The van der Waals surface area contributed by atoms with Crippen LogP contribution in [0.25, 0.3) is 0 Å². The van der Waals surface area contributed by atoms with Crippen molar-refractivity contribution in [2.24, 2.45) is 0 Å². The zero-order valence-electron chi connectivity index (χ0n) is 10.7. The number of hydrogen-bond acceptors (Lipinski definition) is 4. The van der Waals surface area contributed by atoms with Crippen LogP contribution in [0, 0.1) is 0 Å². The highest BCUT2D eigenvalue weighted by Crippen LogP contribution is 2.29. The summed E-state index contributed by atoms with van der Waals surface area (Å²) in [6, 6.07) is -1.01. The third kappa shape index (κ3) is 2.12. The summed E-state index contributed by atoms with van der Waals surface area (Å²) < 4.78 is 0. The van der Waals surface area contributed by atoms with Crippen molar-refractivity contribution in [1.82, 2.24) is 15.2 Å². The summed E-state index contributed by atoms with van der Waals surface area (Å²) in [4.78, 5) is 30.0. The second kappa shape index (κ2) is 5.06. The van der Waals surface area contributed by atoms with Crippen molar-refractivity contribution >= 4 is 23.2 Å². The topological polar surface area (TPSA) is 62.3 Å². The van der Waals surface area contributed by atoms with E-state index >= 15 is 0 Å². The van der Waals surface area contributed by atoms with Crippen molar-refractivity contribution in [2.45, 2.75) is 45.3 Å². The lowest BCUT2D eigenvalue weighted by Gasteiger charge is -2.40. The van der Waals surface area contributed by atoms with Gasteiger partial charge in [-0.25, -0.2) is 4.98 Å². The van der Waals surface area contributed by atoms with E-state index in [2.05, 4.69) is 10.3 Å². The Balaban J connectivity index is 2.33. The van der Waals surface area contributed by atoms with Crippen LogP contribution in [0.15, 0.2) is 11.6 Å². The molecule has 0 bridgehead atoms. The minimum absolute atomic E-state index is 0.0378. The zero-order chi connectivity index (χ0) is 13.3. The average Bonchev–Trinajstić information content (AvgIpc) is 2.85. The minimum Gasteiger partial charge on any atom is -0.343 e. The van der Waals surface area contributed by atoms with Crippen molar-refractivity contribution in [2.75, 3.05) is 0 Å². The minimum atomic E-state index is -0.456. The molecule has 1 aromatic rings. The molecule has 2 heterocycles. The molecule has 3 atom stereocenters. The van der Waals surface area contributed by atoms with Crippen molar-refractivity contribution in [3.63, 3.8) is 0 Å². The summed E-state index contributed by atoms with van der Waals surface area (Å²) in [5, 5.41) is 5.46. The third-order valence-electron chi connectivity index (χ3n) is 3.24. The molecule has 1 fully saturated rings. The average molecular weight is 267 g/mol. The summed E-state index contributed by atoms with van der Waals surface area (Å²) >= 11 is 1.52. The molecular formula is C12H17N3O2S. The highest BCUT2D eigenvalue weighted by Gasteiger charge is 2.40. The number of carbonyl (C=O) groups is 2. The number of nitrogens with zero attached hydrogens (tertiary/aromatic N) is 2. The molecule has 6 heteroatoms. The van der Waals surface area contributed by atoms with Gasteiger partial charge in [0.15, 0.2) is 0 Å². The molecular weight excluding hydrogens is 250 g/mol. The van der Waals surface area contributed by atoms with Crippen LogP contribution >= 0.6 is 11.3 Å². The first kappa shape index (κ1) is 13.0. The van der Waals surface area contributed by atoms with Crippen molar-refractivity contribution < 1.29 is 9.59 Å². The smallest absolute Gasteiger partial charge is 0.246 e. The predicted octanol–water partition coefficient (Wildman–Crippen LogP) is 1.33. The number of carbonyl (C=O) groups excluding carboxylic acids is 2. The summed E-state index contributed by atoms with van der Waals surface area (Å²) in [7, 11) is 0. The largest absolute Gasteiger partial charge is 0.343 e. The summed E-state index contributed by atoms with van der Waals surface area (Å²) in [5.74, 6) is -0.138. The number of aromatic nitrogens is 1. The first-order chi connectivity index (χ1) is 8.56. The fourth-order valence-electron chi connectivity index (χ4n) is 2.25. The van der Waals surface area contributed by atoms with Crippen LogP contribution in [0.2, 0.25) is 0 Å². The monoisotopic (exact) mass is 267 g/mol. The van der Waals surface area contributed by atoms with Gasteiger partial charge in [-0.15, -0.1) is 11.3 Å². The van der Waals surface area contributed by atoms with Crippen LogP contribution in [-0.4, -0.2) is 33.8 Å². The molecule has 2 amide bonds. The van der Waals surface area contributed by atoms with Crippen LogP contribution < -0.4 is 5.32 Å². The van der Waals surface area contributed by atoms with Crippen LogP contribution in [0.4, 0.5) is 0 Å². The second-order valence-corrected chi connectivity index (χ2v) is 5.37. The van der Waals surface area contributed by atoms with Crippen molar-refractivity contribution in [1.29, 1.82) is 0 Å². The fraction of sp³-hybridized carbons (Fsp3) is 0.583. The number of nitrogens with one attached hydrogen (secondary N) is 1. The molecule has 1 N–H and O–H groups in total. The van der Waals surface area contributed by atoms with E-state index in [1.165, 1.54) is 11.3 Å². The van der Waals surface area contributed by atoms with Gasteiger partial charge in [-0.05, 0) is 20.3 Å². The van der Waals surface area contributed by atoms with Crippen LogP contribution in [0.1, 0.15) is 38.2 Å². The van der Waals surface area contributed by atoms with Gasteiger partial charge in [-0.1, -0.05) is 6.92 Å². The van der Waals surface area contributed by atoms with Crippen molar-refractivity contribution in [3.05, 3.63) is 16.6 Å². The van der Waals surface area contributed by atoms with Crippen LogP contribution in [0.3, 0.4) is 0 Å². The molecule has 0 aromatic carbocycles. The lowest BCUT2D eigenvalue weighted by molar-refractivity contribution is -0.151. The molecule has 1 saturated heterocycles. The Morgan fingerprint density at radius 2 is 2.22 bits per heavy atom. The summed E-state index contributed by atoms with van der Waals surface area (Å²) in [5.41, 5.74) is 0. The van der Waals surface area contributed by atoms with Gasteiger partial charge in [0.25, 0.3) is 0 Å². The van der Waals surface area contributed by atoms with E-state index in [0.29, 0.717) is 0 Å². The SMILES string of the molecule is CCC(c1nccs1)N1C(=O)C(C)NC(=O)C1C. The third-order valence-corrected chi connectivity index (χ3v) is 4.12. The first-order valence-corrected chi connectivity index (χ1v) is 6.96. The molecule has 0 saturated carbocycles. The Hall–Kier alpha value is -1.43. The number of rotatable bonds is 3. The molecule has 3 unspecified atom stereocenters. The zero-order valence-corrected chi connectivity index (χ0v) is 11.5. The Labute approximate surface area is 110 Å². The number of hydrogen-bond donors (Lipinski definition) is 1. The van der Waals surface area contributed by atoms with E-state index < -0.39 is 12.1 Å². The Morgan fingerprint density at radius 3 is 2.78 bits per heavy atom. The molecule has 98 valence electrons. The molecule has 0 radical (unpaired) electrons. The van der Waals surface area contributed by atoms with E-state index in [1.807, 2.05) is 12.3 Å². The van der Waals surface area contributed by atoms with Crippen LogP contribution in [-0.2, 0) is 9.59 Å². The molecule has 18 heavy (non-hydrogen) atoms. The van der Waals surface area contributed by atoms with Gasteiger partial charge in [-0.3, -0.25) is 9.59 Å². The maximum atomic E-state index is 12.3. The normalized spacial score (nSPS) is 26.1. The Morgan fingerprint density at radius 1 is 1.50 bits per heavy atom. The van der Waals surface area contributed by atoms with Crippen molar-refractivity contribution in [3.8, 4) is 0 Å². The molecule has 0 aliphatic carbocycles. The summed E-state index contributed by atoms with van der Waals surface area (Å²) in [6.07, 6.45) is 2.48.